The Morgan fingerprint density at radius 1 is 1.07 bits per heavy atom. The smallest absolute Gasteiger partial charge is 0.295 e. The Bertz CT molecular complexity index is 829. The second-order valence-electron chi connectivity index (χ2n) is 7.72. The van der Waals surface area contributed by atoms with E-state index in [1.54, 1.807) is 6.21 Å². The Hall–Kier alpha value is -2.41. The molecule has 0 unspecified atom stereocenters. The van der Waals surface area contributed by atoms with Crippen LogP contribution in [-0.4, -0.2) is 58.9 Å². The maximum atomic E-state index is 12.2. The molecule has 0 spiro atoms. The van der Waals surface area contributed by atoms with E-state index in [0.717, 1.165) is 49.0 Å². The Morgan fingerprint density at radius 2 is 1.72 bits per heavy atom. The fourth-order valence-electron chi connectivity index (χ4n) is 3.53. The Kier molecular flexibility index (Phi) is 7.63. The van der Waals surface area contributed by atoms with E-state index in [9.17, 15) is 4.79 Å². The van der Waals surface area contributed by atoms with Crippen LogP contribution in [0.3, 0.4) is 0 Å². The average molecular weight is 416 g/mol. The molecule has 0 atom stereocenters. The number of benzene rings is 2. The van der Waals surface area contributed by atoms with E-state index in [0.29, 0.717) is 6.54 Å². The molecule has 7 heteroatoms. The number of carbonyl (C=O) groups excluding carboxylic acids is 1. The van der Waals surface area contributed by atoms with E-state index in [-0.39, 0.29) is 5.91 Å². The number of hydrazone groups is 1. The van der Waals surface area contributed by atoms with E-state index >= 15 is 0 Å². The molecule has 29 heavy (non-hydrogen) atoms. The predicted molar refractivity (Wildman–Crippen MR) is 118 cm³/mol. The number of quaternary nitrogens is 2. The second kappa shape index (κ2) is 10.4. The first-order valence-electron chi connectivity index (χ1n) is 10.0. The normalized spacial score (nSPS) is 19.3. The van der Waals surface area contributed by atoms with Crippen molar-refractivity contribution < 1.29 is 14.6 Å². The molecule has 0 bridgehead atoms. The molecule has 2 aromatic carbocycles. The summed E-state index contributed by atoms with van der Waals surface area (Å²) in [6.07, 6.45) is 1.68. The molecule has 2 aromatic rings. The second-order valence-corrected chi connectivity index (χ2v) is 8.13. The summed E-state index contributed by atoms with van der Waals surface area (Å²) in [5, 5.41) is 4.93. The number of nitrogens with one attached hydrogen (secondary N) is 3. The van der Waals surface area contributed by atoms with Crippen LogP contribution in [0.1, 0.15) is 11.1 Å². The summed E-state index contributed by atoms with van der Waals surface area (Å²) >= 11 is 6.27. The Balaban J connectivity index is 1.39. The zero-order valence-corrected chi connectivity index (χ0v) is 17.9. The third-order valence-electron chi connectivity index (χ3n) is 5.29. The van der Waals surface area contributed by atoms with Crippen molar-refractivity contribution in [2.75, 3.05) is 51.7 Å². The van der Waals surface area contributed by atoms with Gasteiger partial charge in [-0.2, -0.15) is 5.10 Å². The molecule has 1 aliphatic heterocycles. The van der Waals surface area contributed by atoms with Crippen molar-refractivity contribution in [1.82, 2.24) is 5.43 Å². The van der Waals surface area contributed by atoms with E-state index in [1.807, 2.05) is 61.5 Å². The van der Waals surface area contributed by atoms with Crippen molar-refractivity contribution in [3.8, 4) is 0 Å². The minimum Gasteiger partial charge on any atom is -0.378 e. The lowest BCUT2D eigenvalue weighted by Crippen LogP contribution is -3.28. The number of amides is 1. The van der Waals surface area contributed by atoms with E-state index in [2.05, 4.69) is 16.6 Å². The molecule has 1 heterocycles. The third-order valence-corrected chi connectivity index (χ3v) is 5.65. The number of halogens is 1. The van der Waals surface area contributed by atoms with E-state index in [4.69, 9.17) is 11.6 Å². The van der Waals surface area contributed by atoms with Gasteiger partial charge in [-0.25, -0.2) is 5.43 Å². The summed E-state index contributed by atoms with van der Waals surface area (Å²) in [4.78, 5) is 17.0. The number of piperazine rings is 1. The van der Waals surface area contributed by atoms with Crippen LogP contribution in [0.15, 0.2) is 53.6 Å². The highest BCUT2D eigenvalue weighted by Gasteiger charge is 2.25. The van der Waals surface area contributed by atoms with Gasteiger partial charge in [0, 0.05) is 30.4 Å². The van der Waals surface area contributed by atoms with Crippen LogP contribution in [0, 0.1) is 0 Å². The minimum atomic E-state index is -0.0456. The highest BCUT2D eigenvalue weighted by atomic mass is 35.5. The van der Waals surface area contributed by atoms with Crippen molar-refractivity contribution in [1.29, 1.82) is 0 Å². The molecule has 0 aliphatic carbocycles. The van der Waals surface area contributed by atoms with Crippen molar-refractivity contribution >= 4 is 29.4 Å². The van der Waals surface area contributed by atoms with Gasteiger partial charge in [-0.05, 0) is 23.8 Å². The molecule has 1 amide bonds. The lowest BCUT2D eigenvalue weighted by Gasteiger charge is -2.29. The molecule has 0 aromatic heterocycles. The maximum absolute atomic E-state index is 12.2. The van der Waals surface area contributed by atoms with Gasteiger partial charge in [-0.1, -0.05) is 41.9 Å². The topological polar surface area (TPSA) is 53.6 Å². The maximum Gasteiger partial charge on any atom is 0.295 e. The first-order valence-corrected chi connectivity index (χ1v) is 10.4. The monoisotopic (exact) mass is 415 g/mol. The zero-order valence-electron chi connectivity index (χ0n) is 17.1. The molecule has 3 N–H and O–H groups in total. The number of carbonyl (C=O) groups is 1. The molecule has 1 saturated heterocycles. The van der Waals surface area contributed by atoms with Crippen LogP contribution in [0.5, 0.6) is 0 Å². The predicted octanol–water partition coefficient (Wildman–Crippen LogP) is -0.160. The van der Waals surface area contributed by atoms with Gasteiger partial charge in [0.05, 0.1) is 6.21 Å². The summed E-state index contributed by atoms with van der Waals surface area (Å²) in [5.74, 6) is -0.0456. The van der Waals surface area contributed by atoms with E-state index in [1.165, 1.54) is 15.4 Å². The van der Waals surface area contributed by atoms with Gasteiger partial charge in [-0.15, -0.1) is 0 Å². The molecule has 1 fully saturated rings. The van der Waals surface area contributed by atoms with Crippen molar-refractivity contribution in [3.63, 3.8) is 0 Å². The molecule has 6 nitrogen and oxygen atoms in total. The van der Waals surface area contributed by atoms with Crippen LogP contribution in [-0.2, 0) is 11.3 Å². The quantitative estimate of drug-likeness (QED) is 0.435. The van der Waals surface area contributed by atoms with Crippen LogP contribution in [0.4, 0.5) is 5.69 Å². The lowest BCUT2D eigenvalue weighted by atomic mass is 10.2. The standard InChI is InChI=1S/C22H28ClN5O/c1-26(2)20-9-7-18(8-10-20)15-24-25-22(29)17-28-13-11-27(12-14-28)16-19-5-3-4-6-21(19)23/h3-10,15H,11-14,16-17H2,1-2H3,(H,25,29)/p+2. The lowest BCUT2D eigenvalue weighted by molar-refractivity contribution is -1.02. The summed E-state index contributed by atoms with van der Waals surface area (Å²) in [6, 6.07) is 16.0. The van der Waals surface area contributed by atoms with Gasteiger partial charge >= 0.3 is 0 Å². The third kappa shape index (κ3) is 6.56. The summed E-state index contributed by atoms with van der Waals surface area (Å²) in [7, 11) is 4.01. The fourth-order valence-corrected chi connectivity index (χ4v) is 3.73. The Morgan fingerprint density at radius 3 is 2.38 bits per heavy atom. The Labute approximate surface area is 177 Å². The van der Waals surface area contributed by atoms with Crippen LogP contribution in [0.25, 0.3) is 0 Å². The first-order chi connectivity index (χ1) is 14.0. The SMILES string of the molecule is CN(C)c1ccc(C=NNC(=O)C[NH+]2CC[NH+](Cc3ccccc3Cl)CC2)cc1. The highest BCUT2D eigenvalue weighted by molar-refractivity contribution is 6.31. The summed E-state index contributed by atoms with van der Waals surface area (Å²) < 4.78 is 0. The molecule has 154 valence electrons. The van der Waals surface area contributed by atoms with Gasteiger partial charge < -0.3 is 14.7 Å². The fraction of sp³-hybridized carbons (Fsp3) is 0.364. The van der Waals surface area contributed by atoms with Gasteiger partial charge in [0.25, 0.3) is 5.91 Å². The summed E-state index contributed by atoms with van der Waals surface area (Å²) in [6.45, 7) is 5.42. The minimum absolute atomic E-state index is 0.0456. The molecular weight excluding hydrogens is 386 g/mol. The van der Waals surface area contributed by atoms with Crippen LogP contribution in [0.2, 0.25) is 5.02 Å². The molecule has 0 radical (unpaired) electrons. The number of hydrogen-bond donors (Lipinski definition) is 3. The molecule has 3 rings (SSSR count). The van der Waals surface area contributed by atoms with Crippen molar-refractivity contribution in [3.05, 3.63) is 64.7 Å². The highest BCUT2D eigenvalue weighted by Crippen LogP contribution is 2.13. The average Bonchev–Trinajstić information content (AvgIpc) is 2.71. The van der Waals surface area contributed by atoms with Crippen molar-refractivity contribution in [2.45, 2.75) is 6.54 Å². The number of hydrogen-bond acceptors (Lipinski definition) is 3. The first kappa shape index (κ1) is 21.3. The number of nitrogens with zero attached hydrogens (tertiary/aromatic N) is 2. The molecule has 0 saturated carbocycles. The molecule has 1 aliphatic rings. The zero-order chi connectivity index (χ0) is 20.6. The molecular formula is C22H30ClN5O+2. The van der Waals surface area contributed by atoms with Gasteiger partial charge in [0.2, 0.25) is 0 Å². The van der Waals surface area contributed by atoms with Crippen LogP contribution < -0.4 is 20.1 Å². The summed E-state index contributed by atoms with van der Waals surface area (Å²) in [5.41, 5.74) is 5.93. The van der Waals surface area contributed by atoms with Gasteiger partial charge in [0.15, 0.2) is 6.54 Å². The number of anilines is 1. The van der Waals surface area contributed by atoms with E-state index < -0.39 is 0 Å². The largest absolute Gasteiger partial charge is 0.378 e. The van der Waals surface area contributed by atoms with Crippen molar-refractivity contribution in [2.24, 2.45) is 5.10 Å². The number of rotatable bonds is 7. The van der Waals surface area contributed by atoms with Crippen LogP contribution >= 0.6 is 11.6 Å². The van der Waals surface area contributed by atoms with Gasteiger partial charge in [0.1, 0.15) is 32.7 Å². The van der Waals surface area contributed by atoms with Gasteiger partial charge in [-0.3, -0.25) is 4.79 Å².